The van der Waals surface area contributed by atoms with Gasteiger partial charge in [-0.2, -0.15) is 0 Å². The first-order valence-corrected chi connectivity index (χ1v) is 26.2. The minimum atomic E-state index is -2.87. The predicted molar refractivity (Wildman–Crippen MR) is 299 cm³/mol. The van der Waals surface area contributed by atoms with E-state index in [-0.39, 0.29) is 0 Å². The van der Waals surface area contributed by atoms with Crippen LogP contribution in [0.3, 0.4) is 0 Å². The number of benzene rings is 11. The van der Waals surface area contributed by atoms with E-state index < -0.39 is 8.07 Å². The van der Waals surface area contributed by atoms with E-state index in [1.807, 2.05) is 0 Å². The van der Waals surface area contributed by atoms with E-state index in [0.29, 0.717) is 0 Å². The van der Waals surface area contributed by atoms with Crippen LogP contribution in [0, 0.1) is 0 Å². The Balaban J connectivity index is 1.10. The highest BCUT2D eigenvalue weighted by Gasteiger charge is 2.41. The third kappa shape index (κ3) is 6.00. The van der Waals surface area contributed by atoms with E-state index in [0.717, 1.165) is 28.1 Å². The largest absolute Gasteiger partial charge is 0.309 e. The molecule has 14 aromatic rings. The van der Waals surface area contributed by atoms with Crippen LogP contribution in [0.25, 0.3) is 93.6 Å². The highest BCUT2D eigenvalue weighted by Crippen LogP contribution is 2.42. The zero-order valence-electron chi connectivity index (χ0n) is 38.3. The summed E-state index contributed by atoms with van der Waals surface area (Å²) >= 11 is 0. The van der Waals surface area contributed by atoms with Crippen molar-refractivity contribution in [1.29, 1.82) is 0 Å². The van der Waals surface area contributed by atoms with Crippen LogP contribution >= 0.6 is 0 Å². The van der Waals surface area contributed by atoms with Crippen LogP contribution in [0.15, 0.2) is 273 Å². The standard InChI is InChI=1S/C66H45N3Si/c1-5-21-46(22-6-1)47-23-19-24-48(43-47)68-64-44-49(67-60-35-16-13-31-54(60)55-32-14-17-36-61(55)67)39-41-58(64)59-34-20-38-63(66(59)68)69-62-37-18-15-33-56(62)57-42-40-53(45-65(57)69)70(50-25-7-2-8-26-50,51-27-9-3-10-28-51)52-29-11-4-12-30-52/h1-45H. The molecule has 328 valence electrons. The number of hydrogen-bond donors (Lipinski definition) is 0. The molecule has 0 radical (unpaired) electrons. The lowest BCUT2D eigenvalue weighted by Crippen LogP contribution is -2.74. The van der Waals surface area contributed by atoms with Crippen molar-refractivity contribution in [3.05, 3.63) is 273 Å². The molecule has 0 aliphatic heterocycles. The number of para-hydroxylation sites is 4. The maximum atomic E-state index is 2.56. The lowest BCUT2D eigenvalue weighted by atomic mass is 10.1. The topological polar surface area (TPSA) is 14.8 Å². The predicted octanol–water partition coefficient (Wildman–Crippen LogP) is 14.0. The summed E-state index contributed by atoms with van der Waals surface area (Å²) in [7, 11) is -2.87. The van der Waals surface area contributed by atoms with Crippen molar-refractivity contribution in [2.24, 2.45) is 0 Å². The molecule has 3 heterocycles. The molecule has 3 aromatic heterocycles. The molecule has 0 saturated heterocycles. The van der Waals surface area contributed by atoms with Crippen molar-refractivity contribution >= 4 is 94.2 Å². The summed E-state index contributed by atoms with van der Waals surface area (Å²) in [4.78, 5) is 0. The third-order valence-electron chi connectivity index (χ3n) is 14.8. The molecule has 0 spiro atoms. The molecule has 3 nitrogen and oxygen atoms in total. The Kier molecular flexibility index (Phi) is 9.23. The molecule has 0 bridgehead atoms. The normalized spacial score (nSPS) is 12.0. The summed E-state index contributed by atoms with van der Waals surface area (Å²) in [5.41, 5.74) is 12.8. The Morgan fingerprint density at radius 1 is 0.229 bits per heavy atom. The van der Waals surface area contributed by atoms with E-state index >= 15 is 0 Å². The van der Waals surface area contributed by atoms with E-state index in [1.165, 1.54) is 86.3 Å². The summed E-state index contributed by atoms with van der Waals surface area (Å²) in [6.45, 7) is 0. The monoisotopic (exact) mass is 907 g/mol. The minimum Gasteiger partial charge on any atom is -0.309 e. The van der Waals surface area contributed by atoms with Gasteiger partial charge in [0.05, 0.1) is 38.8 Å². The average Bonchev–Trinajstić information content (AvgIpc) is 4.08. The number of hydrogen-bond acceptors (Lipinski definition) is 0. The fourth-order valence-corrected chi connectivity index (χ4v) is 16.6. The van der Waals surface area contributed by atoms with Crippen molar-refractivity contribution in [2.45, 2.75) is 0 Å². The molecule has 70 heavy (non-hydrogen) atoms. The van der Waals surface area contributed by atoms with Gasteiger partial charge in [0.15, 0.2) is 8.07 Å². The molecule has 0 aliphatic rings. The van der Waals surface area contributed by atoms with Crippen LogP contribution in [-0.2, 0) is 0 Å². The van der Waals surface area contributed by atoms with Gasteiger partial charge in [-0.1, -0.05) is 218 Å². The van der Waals surface area contributed by atoms with Crippen molar-refractivity contribution in [1.82, 2.24) is 13.7 Å². The lowest BCUT2D eigenvalue weighted by Gasteiger charge is -2.34. The van der Waals surface area contributed by atoms with Crippen LogP contribution in [-0.4, -0.2) is 21.8 Å². The summed E-state index contributed by atoms with van der Waals surface area (Å²) in [5, 5.41) is 12.8. The molecular weight excluding hydrogens is 863 g/mol. The highest BCUT2D eigenvalue weighted by molar-refractivity contribution is 7.20. The van der Waals surface area contributed by atoms with Gasteiger partial charge in [-0.05, 0) is 86.5 Å². The quantitative estimate of drug-likeness (QED) is 0.107. The van der Waals surface area contributed by atoms with Gasteiger partial charge in [0.25, 0.3) is 0 Å². The molecule has 0 N–H and O–H groups in total. The lowest BCUT2D eigenvalue weighted by molar-refractivity contribution is 1.12. The van der Waals surface area contributed by atoms with Crippen molar-refractivity contribution < 1.29 is 0 Å². The second kappa shape index (κ2) is 16.1. The van der Waals surface area contributed by atoms with Gasteiger partial charge < -0.3 is 13.7 Å². The molecule has 4 heteroatoms. The minimum absolute atomic E-state index is 1.11. The Bertz CT molecular complexity index is 4130. The first-order chi connectivity index (χ1) is 34.8. The van der Waals surface area contributed by atoms with Crippen LogP contribution in [0.1, 0.15) is 0 Å². The first kappa shape index (κ1) is 40.1. The van der Waals surface area contributed by atoms with Gasteiger partial charge in [0.2, 0.25) is 0 Å². The Morgan fingerprint density at radius 3 is 1.26 bits per heavy atom. The number of aromatic nitrogens is 3. The molecule has 14 rings (SSSR count). The van der Waals surface area contributed by atoms with Crippen LogP contribution in [0.5, 0.6) is 0 Å². The van der Waals surface area contributed by atoms with Gasteiger partial charge in [-0.25, -0.2) is 0 Å². The Morgan fingerprint density at radius 2 is 0.657 bits per heavy atom. The maximum absolute atomic E-state index is 2.87. The summed E-state index contributed by atoms with van der Waals surface area (Å²) in [5.74, 6) is 0. The zero-order valence-corrected chi connectivity index (χ0v) is 39.3. The molecule has 0 atom stereocenters. The third-order valence-corrected chi connectivity index (χ3v) is 19.5. The Hall–Kier alpha value is -8.96. The number of rotatable bonds is 8. The van der Waals surface area contributed by atoms with E-state index in [9.17, 15) is 0 Å². The van der Waals surface area contributed by atoms with Gasteiger partial charge in [-0.3, -0.25) is 0 Å². The van der Waals surface area contributed by atoms with Gasteiger partial charge in [0.1, 0.15) is 0 Å². The summed E-state index contributed by atoms with van der Waals surface area (Å²) in [6, 6.07) is 101. The van der Waals surface area contributed by atoms with Gasteiger partial charge >= 0.3 is 0 Å². The van der Waals surface area contributed by atoms with Gasteiger partial charge in [-0.15, -0.1) is 0 Å². The molecule has 0 aliphatic carbocycles. The smallest absolute Gasteiger partial charge is 0.179 e. The zero-order chi connectivity index (χ0) is 46.2. The SMILES string of the molecule is c1ccc(-c2cccc(-n3c4cc(-n5c6ccccc6c6ccccc65)ccc4c4cccc(-n5c6ccccc6c6ccc([Si](c7ccccc7)(c7ccccc7)c7ccccc7)cc65)c43)c2)cc1. The molecular formula is C66H45N3Si. The van der Waals surface area contributed by atoms with Crippen LogP contribution in [0.2, 0.25) is 0 Å². The molecule has 0 fully saturated rings. The number of nitrogens with zero attached hydrogens (tertiary/aromatic N) is 3. The fourth-order valence-electron chi connectivity index (χ4n) is 11.8. The number of fused-ring (bicyclic) bond motifs is 9. The average molecular weight is 908 g/mol. The Labute approximate surface area is 407 Å². The van der Waals surface area contributed by atoms with Crippen LogP contribution in [0.4, 0.5) is 0 Å². The van der Waals surface area contributed by atoms with E-state index in [2.05, 4.69) is 287 Å². The van der Waals surface area contributed by atoms with Gasteiger partial charge in [0, 0.05) is 43.7 Å². The molecule has 0 amide bonds. The highest BCUT2D eigenvalue weighted by atomic mass is 28.3. The van der Waals surface area contributed by atoms with E-state index in [1.54, 1.807) is 0 Å². The molecule has 0 unspecified atom stereocenters. The molecule has 0 saturated carbocycles. The second-order valence-corrected chi connectivity index (χ2v) is 22.2. The van der Waals surface area contributed by atoms with Crippen molar-refractivity contribution in [3.63, 3.8) is 0 Å². The second-order valence-electron chi connectivity index (χ2n) is 18.4. The van der Waals surface area contributed by atoms with E-state index in [4.69, 9.17) is 0 Å². The first-order valence-electron chi connectivity index (χ1n) is 24.2. The van der Waals surface area contributed by atoms with Crippen molar-refractivity contribution in [3.8, 4) is 28.2 Å². The van der Waals surface area contributed by atoms with Crippen molar-refractivity contribution in [2.75, 3.05) is 0 Å². The molecule has 11 aromatic carbocycles. The maximum Gasteiger partial charge on any atom is 0.179 e. The van der Waals surface area contributed by atoms with Crippen LogP contribution < -0.4 is 20.7 Å². The summed E-state index contributed by atoms with van der Waals surface area (Å²) in [6.07, 6.45) is 0. The fraction of sp³-hybridized carbons (Fsp3) is 0. The summed E-state index contributed by atoms with van der Waals surface area (Å²) < 4.78 is 7.52.